The van der Waals surface area contributed by atoms with Crippen LogP contribution >= 0.6 is 23.2 Å². The number of carbonyl (C=O) groups is 1. The summed E-state index contributed by atoms with van der Waals surface area (Å²) in [6.45, 7) is 7.07. The van der Waals surface area contributed by atoms with E-state index in [4.69, 9.17) is 23.2 Å². The van der Waals surface area contributed by atoms with E-state index in [1.807, 2.05) is 18.2 Å². The molecule has 2 amide bonds. The van der Waals surface area contributed by atoms with Gasteiger partial charge in [-0.05, 0) is 48.9 Å². The highest BCUT2D eigenvalue weighted by Gasteiger charge is 2.21. The van der Waals surface area contributed by atoms with E-state index in [0.717, 1.165) is 35.6 Å². The predicted molar refractivity (Wildman–Crippen MR) is 101 cm³/mol. The minimum atomic E-state index is -0.336. The molecule has 4 nitrogen and oxygen atoms in total. The number of allylic oxidation sites excluding steroid dienone is 1. The third-order valence-electron chi connectivity index (χ3n) is 3.90. The summed E-state index contributed by atoms with van der Waals surface area (Å²) in [6, 6.07) is 10.5. The number of rotatable bonds is 3. The molecule has 2 aromatic rings. The molecule has 24 heavy (non-hydrogen) atoms. The Hall–Kier alpha value is -2.17. The van der Waals surface area contributed by atoms with E-state index in [-0.39, 0.29) is 6.03 Å². The van der Waals surface area contributed by atoms with Gasteiger partial charge in [-0.25, -0.2) is 4.79 Å². The van der Waals surface area contributed by atoms with Gasteiger partial charge in [0.05, 0.1) is 10.0 Å². The maximum Gasteiger partial charge on any atom is 0.323 e. The molecule has 0 saturated heterocycles. The van der Waals surface area contributed by atoms with Gasteiger partial charge >= 0.3 is 6.03 Å². The second-order valence-electron chi connectivity index (χ2n) is 5.54. The summed E-state index contributed by atoms with van der Waals surface area (Å²) in [5, 5.41) is 6.40. The van der Waals surface area contributed by atoms with Gasteiger partial charge < -0.3 is 15.5 Å². The predicted octanol–water partition coefficient (Wildman–Crippen LogP) is 5.53. The molecular formula is C18H17Cl2N3O. The Morgan fingerprint density at radius 2 is 1.79 bits per heavy atom. The molecule has 0 aliphatic carbocycles. The van der Waals surface area contributed by atoms with Crippen molar-refractivity contribution in [3.05, 3.63) is 64.3 Å². The summed E-state index contributed by atoms with van der Waals surface area (Å²) in [4.78, 5) is 14.3. The number of carbonyl (C=O) groups excluding carboxylic acids is 1. The van der Waals surface area contributed by atoms with Crippen molar-refractivity contribution in [3.63, 3.8) is 0 Å². The van der Waals surface area contributed by atoms with Crippen molar-refractivity contribution >= 4 is 46.3 Å². The summed E-state index contributed by atoms with van der Waals surface area (Å²) in [5.74, 6) is 0. The molecule has 0 fully saturated rings. The molecule has 3 rings (SSSR count). The number of anilines is 3. The molecule has 0 bridgehead atoms. The Balaban J connectivity index is 1.70. The summed E-state index contributed by atoms with van der Waals surface area (Å²) >= 11 is 11.8. The van der Waals surface area contributed by atoms with Gasteiger partial charge in [0.25, 0.3) is 0 Å². The van der Waals surface area contributed by atoms with Crippen LogP contribution in [0.4, 0.5) is 21.9 Å². The highest BCUT2D eigenvalue weighted by Crippen LogP contribution is 2.35. The average molecular weight is 362 g/mol. The van der Waals surface area contributed by atoms with Gasteiger partial charge in [0.2, 0.25) is 0 Å². The average Bonchev–Trinajstić information content (AvgIpc) is 2.85. The molecule has 1 heterocycles. The fraction of sp³-hybridized carbons (Fsp3) is 0.167. The lowest BCUT2D eigenvalue weighted by Crippen LogP contribution is -2.19. The van der Waals surface area contributed by atoms with Crippen LogP contribution in [-0.4, -0.2) is 12.6 Å². The van der Waals surface area contributed by atoms with Crippen molar-refractivity contribution in [2.75, 3.05) is 22.1 Å². The fourth-order valence-corrected chi connectivity index (χ4v) is 3.11. The molecule has 0 spiro atoms. The van der Waals surface area contributed by atoms with Gasteiger partial charge in [0, 0.05) is 35.7 Å². The second kappa shape index (κ2) is 6.75. The van der Waals surface area contributed by atoms with E-state index >= 15 is 0 Å². The van der Waals surface area contributed by atoms with Gasteiger partial charge in [-0.1, -0.05) is 29.8 Å². The third kappa shape index (κ3) is 3.35. The van der Waals surface area contributed by atoms with Gasteiger partial charge in [-0.2, -0.15) is 0 Å². The van der Waals surface area contributed by atoms with E-state index in [1.54, 1.807) is 18.2 Å². The first kappa shape index (κ1) is 16.7. The highest BCUT2D eigenvalue weighted by atomic mass is 35.5. The lowest BCUT2D eigenvalue weighted by atomic mass is 10.1. The van der Waals surface area contributed by atoms with Gasteiger partial charge in [0.1, 0.15) is 0 Å². The number of hydrogen-bond acceptors (Lipinski definition) is 2. The largest absolute Gasteiger partial charge is 0.345 e. The maximum atomic E-state index is 12.1. The van der Waals surface area contributed by atoms with Crippen LogP contribution in [0.5, 0.6) is 0 Å². The van der Waals surface area contributed by atoms with Crippen LogP contribution in [0.15, 0.2) is 48.7 Å². The molecule has 124 valence electrons. The van der Waals surface area contributed by atoms with E-state index in [0.29, 0.717) is 15.7 Å². The molecule has 2 N–H and O–H groups in total. The second-order valence-corrected chi connectivity index (χ2v) is 6.35. The zero-order valence-corrected chi connectivity index (χ0v) is 14.7. The smallest absolute Gasteiger partial charge is 0.323 e. The topological polar surface area (TPSA) is 44.4 Å². The monoisotopic (exact) mass is 361 g/mol. The Kier molecular flexibility index (Phi) is 4.69. The molecule has 1 aliphatic heterocycles. The molecule has 0 unspecified atom stereocenters. The first-order valence-electron chi connectivity index (χ1n) is 7.59. The van der Waals surface area contributed by atoms with E-state index < -0.39 is 0 Å². The Labute approximate surface area is 151 Å². The lowest BCUT2D eigenvalue weighted by Gasteiger charge is -2.18. The summed E-state index contributed by atoms with van der Waals surface area (Å²) in [6.07, 6.45) is 0.799. The molecule has 2 aromatic carbocycles. The van der Waals surface area contributed by atoms with E-state index in [2.05, 4.69) is 29.0 Å². The van der Waals surface area contributed by atoms with Crippen molar-refractivity contribution in [2.24, 2.45) is 0 Å². The minimum Gasteiger partial charge on any atom is -0.345 e. The summed E-state index contributed by atoms with van der Waals surface area (Å²) < 4.78 is 0. The number of urea groups is 1. The van der Waals surface area contributed by atoms with Gasteiger partial charge in [-0.15, -0.1) is 0 Å². The molecule has 1 aliphatic rings. The fourth-order valence-electron chi connectivity index (χ4n) is 2.82. The minimum absolute atomic E-state index is 0.336. The van der Waals surface area contributed by atoms with Gasteiger partial charge in [-0.3, -0.25) is 0 Å². The number of hydrogen-bond donors (Lipinski definition) is 2. The SMILES string of the molecule is C=C1Cc2cc(NC(=O)Nc3ccc(Cl)c(Cl)c3)ccc2N1CC. The van der Waals surface area contributed by atoms with Crippen molar-refractivity contribution in [3.8, 4) is 0 Å². The summed E-state index contributed by atoms with van der Waals surface area (Å²) in [5.41, 5.74) is 4.70. The maximum absolute atomic E-state index is 12.1. The zero-order chi connectivity index (χ0) is 17.3. The quantitative estimate of drug-likeness (QED) is 0.754. The molecule has 0 atom stereocenters. The number of nitrogens with one attached hydrogen (secondary N) is 2. The number of nitrogens with zero attached hydrogens (tertiary/aromatic N) is 1. The Morgan fingerprint density at radius 3 is 2.46 bits per heavy atom. The number of fused-ring (bicyclic) bond motifs is 1. The van der Waals surface area contributed by atoms with Crippen LogP contribution in [0.1, 0.15) is 12.5 Å². The number of benzene rings is 2. The van der Waals surface area contributed by atoms with Crippen LogP contribution in [0.3, 0.4) is 0 Å². The van der Waals surface area contributed by atoms with Crippen molar-refractivity contribution in [1.82, 2.24) is 0 Å². The van der Waals surface area contributed by atoms with Gasteiger partial charge in [0.15, 0.2) is 0 Å². The van der Waals surface area contributed by atoms with Crippen LogP contribution in [0, 0.1) is 0 Å². The Morgan fingerprint density at radius 1 is 1.12 bits per heavy atom. The van der Waals surface area contributed by atoms with Crippen molar-refractivity contribution in [2.45, 2.75) is 13.3 Å². The molecule has 0 saturated carbocycles. The molecule has 6 heteroatoms. The summed E-state index contributed by atoms with van der Waals surface area (Å²) in [7, 11) is 0. The Bertz CT molecular complexity index is 820. The lowest BCUT2D eigenvalue weighted by molar-refractivity contribution is 0.262. The number of halogens is 2. The zero-order valence-electron chi connectivity index (χ0n) is 13.2. The van der Waals surface area contributed by atoms with Crippen LogP contribution < -0.4 is 15.5 Å². The first-order chi connectivity index (χ1) is 11.5. The van der Waals surface area contributed by atoms with Crippen LogP contribution in [-0.2, 0) is 6.42 Å². The number of likely N-dealkylation sites (N-methyl/N-ethyl adjacent to an activating group) is 1. The van der Waals surface area contributed by atoms with E-state index in [1.165, 1.54) is 0 Å². The standard InChI is InChI=1S/C18H17Cl2N3O/c1-3-23-11(2)8-12-9-13(5-7-17(12)23)21-18(24)22-14-4-6-15(19)16(20)10-14/h4-7,9-10H,2-3,8H2,1H3,(H2,21,22,24). The highest BCUT2D eigenvalue weighted by molar-refractivity contribution is 6.42. The molecular weight excluding hydrogens is 345 g/mol. The van der Waals surface area contributed by atoms with E-state index in [9.17, 15) is 4.79 Å². The number of amides is 2. The first-order valence-corrected chi connectivity index (χ1v) is 8.35. The van der Waals surface area contributed by atoms with Crippen molar-refractivity contribution < 1.29 is 4.79 Å². The normalized spacial score (nSPS) is 13.0. The van der Waals surface area contributed by atoms with Crippen LogP contribution in [0.2, 0.25) is 10.0 Å². The molecule has 0 aromatic heterocycles. The van der Waals surface area contributed by atoms with Crippen molar-refractivity contribution in [1.29, 1.82) is 0 Å². The van der Waals surface area contributed by atoms with Crippen LogP contribution in [0.25, 0.3) is 0 Å². The molecule has 0 radical (unpaired) electrons. The third-order valence-corrected chi connectivity index (χ3v) is 4.64.